The first-order chi connectivity index (χ1) is 7.13. The molecule has 0 spiro atoms. The first kappa shape index (κ1) is 12.5. The molecule has 4 heteroatoms. The molecule has 15 heavy (non-hydrogen) atoms. The highest BCUT2D eigenvalue weighted by Gasteiger charge is 2.23. The molecule has 1 amide bonds. The molecule has 1 saturated heterocycles. The summed E-state index contributed by atoms with van der Waals surface area (Å²) in [4.78, 5) is 13.8. The first-order valence-electron chi connectivity index (χ1n) is 5.87. The van der Waals surface area contributed by atoms with Crippen LogP contribution >= 0.6 is 0 Å². The molecule has 0 bridgehead atoms. The lowest BCUT2D eigenvalue weighted by Crippen LogP contribution is -2.39. The van der Waals surface area contributed by atoms with Gasteiger partial charge in [0.05, 0.1) is 0 Å². The molecule has 0 aliphatic carbocycles. The van der Waals surface area contributed by atoms with Crippen molar-refractivity contribution in [2.75, 3.05) is 19.6 Å². The second kappa shape index (κ2) is 6.08. The van der Waals surface area contributed by atoms with E-state index in [1.165, 1.54) is 12.8 Å². The zero-order chi connectivity index (χ0) is 11.3. The van der Waals surface area contributed by atoms with E-state index in [1.807, 2.05) is 13.8 Å². The van der Waals surface area contributed by atoms with Crippen LogP contribution in [0.3, 0.4) is 0 Å². The zero-order valence-corrected chi connectivity index (χ0v) is 9.83. The Hall–Kier alpha value is -0.610. The monoisotopic (exact) mass is 213 g/mol. The third kappa shape index (κ3) is 4.18. The number of nitrogens with two attached hydrogens (primary N) is 1. The highest BCUT2D eigenvalue weighted by molar-refractivity contribution is 5.76. The van der Waals surface area contributed by atoms with Crippen LogP contribution < -0.4 is 11.1 Å². The highest BCUT2D eigenvalue weighted by atomic mass is 16.1. The second-order valence-electron chi connectivity index (χ2n) is 4.54. The molecule has 0 radical (unpaired) electrons. The lowest BCUT2D eigenvalue weighted by Gasteiger charge is -2.22. The van der Waals surface area contributed by atoms with Gasteiger partial charge in [-0.1, -0.05) is 0 Å². The number of carbonyl (C=O) groups is 1. The highest BCUT2D eigenvalue weighted by Crippen LogP contribution is 2.15. The van der Waals surface area contributed by atoms with Crippen molar-refractivity contribution in [3.63, 3.8) is 0 Å². The summed E-state index contributed by atoms with van der Waals surface area (Å²) in [5.41, 5.74) is 5.67. The predicted octanol–water partition coefficient (Wildman–Crippen LogP) is 0.324. The van der Waals surface area contributed by atoms with E-state index in [0.29, 0.717) is 19.0 Å². The second-order valence-corrected chi connectivity index (χ2v) is 4.54. The van der Waals surface area contributed by atoms with Gasteiger partial charge in [-0.3, -0.25) is 9.69 Å². The first-order valence-corrected chi connectivity index (χ1v) is 5.87. The van der Waals surface area contributed by atoms with Crippen LogP contribution in [0.5, 0.6) is 0 Å². The van der Waals surface area contributed by atoms with E-state index in [0.717, 1.165) is 13.1 Å². The number of nitrogens with zero attached hydrogens (tertiary/aromatic N) is 1. The quantitative estimate of drug-likeness (QED) is 0.691. The number of hydrogen-bond acceptors (Lipinski definition) is 3. The minimum absolute atomic E-state index is 0.146. The van der Waals surface area contributed by atoms with Crippen LogP contribution in [0.25, 0.3) is 0 Å². The smallest absolute Gasteiger partial charge is 0.221 e. The van der Waals surface area contributed by atoms with Crippen LogP contribution in [-0.2, 0) is 4.79 Å². The normalized spacial score (nSPS) is 22.3. The minimum atomic E-state index is 0.146. The van der Waals surface area contributed by atoms with Crippen molar-refractivity contribution >= 4 is 5.91 Å². The Morgan fingerprint density at radius 2 is 2.33 bits per heavy atom. The van der Waals surface area contributed by atoms with Gasteiger partial charge in [0.1, 0.15) is 0 Å². The molecule has 0 saturated carbocycles. The van der Waals surface area contributed by atoms with Gasteiger partial charge in [-0.2, -0.15) is 0 Å². The summed E-state index contributed by atoms with van der Waals surface area (Å²) in [6.45, 7) is 6.62. The molecule has 4 nitrogen and oxygen atoms in total. The largest absolute Gasteiger partial charge is 0.354 e. The van der Waals surface area contributed by atoms with Crippen molar-refractivity contribution in [1.82, 2.24) is 10.2 Å². The maximum atomic E-state index is 11.4. The number of carbonyl (C=O) groups excluding carboxylic acids is 1. The molecular formula is C11H23N3O. The SMILES string of the molecule is CC(C)NC(=O)CCN1CCCC1CN. The van der Waals surface area contributed by atoms with Crippen molar-refractivity contribution in [2.24, 2.45) is 5.73 Å². The number of nitrogens with one attached hydrogen (secondary N) is 1. The van der Waals surface area contributed by atoms with Gasteiger partial charge in [0.15, 0.2) is 0 Å². The predicted molar refractivity (Wildman–Crippen MR) is 61.5 cm³/mol. The summed E-state index contributed by atoms with van der Waals surface area (Å²) in [7, 11) is 0. The molecule has 1 heterocycles. The fourth-order valence-electron chi connectivity index (χ4n) is 2.10. The van der Waals surface area contributed by atoms with Gasteiger partial charge in [-0.05, 0) is 33.2 Å². The molecule has 1 fully saturated rings. The summed E-state index contributed by atoms with van der Waals surface area (Å²) >= 11 is 0. The molecule has 1 aliphatic rings. The van der Waals surface area contributed by atoms with E-state index in [9.17, 15) is 4.79 Å². The van der Waals surface area contributed by atoms with Gasteiger partial charge in [0.25, 0.3) is 0 Å². The molecular weight excluding hydrogens is 190 g/mol. The van der Waals surface area contributed by atoms with E-state index >= 15 is 0 Å². The third-order valence-corrected chi connectivity index (χ3v) is 2.85. The molecule has 0 aromatic carbocycles. The summed E-state index contributed by atoms with van der Waals surface area (Å²) in [5.74, 6) is 0.146. The molecule has 1 rings (SSSR count). The average Bonchev–Trinajstić information content (AvgIpc) is 2.60. The van der Waals surface area contributed by atoms with Gasteiger partial charge < -0.3 is 11.1 Å². The molecule has 3 N–H and O–H groups in total. The van der Waals surface area contributed by atoms with Crippen LogP contribution in [-0.4, -0.2) is 42.5 Å². The number of amides is 1. The van der Waals surface area contributed by atoms with Crippen molar-refractivity contribution in [2.45, 2.75) is 45.2 Å². The zero-order valence-electron chi connectivity index (χ0n) is 9.83. The summed E-state index contributed by atoms with van der Waals surface area (Å²) < 4.78 is 0. The lowest BCUT2D eigenvalue weighted by molar-refractivity contribution is -0.121. The Morgan fingerprint density at radius 1 is 1.60 bits per heavy atom. The summed E-state index contributed by atoms with van der Waals surface area (Å²) in [6.07, 6.45) is 2.99. The van der Waals surface area contributed by atoms with Gasteiger partial charge in [-0.25, -0.2) is 0 Å². The van der Waals surface area contributed by atoms with E-state index in [1.54, 1.807) is 0 Å². The van der Waals surface area contributed by atoms with Crippen LogP contribution in [0, 0.1) is 0 Å². The maximum absolute atomic E-state index is 11.4. The number of rotatable bonds is 5. The molecule has 88 valence electrons. The van der Waals surface area contributed by atoms with Crippen molar-refractivity contribution in [3.05, 3.63) is 0 Å². The Morgan fingerprint density at radius 3 is 2.93 bits per heavy atom. The van der Waals surface area contributed by atoms with Crippen molar-refractivity contribution in [1.29, 1.82) is 0 Å². The van der Waals surface area contributed by atoms with E-state index in [2.05, 4.69) is 10.2 Å². The Kier molecular flexibility index (Phi) is 5.05. The maximum Gasteiger partial charge on any atom is 0.221 e. The van der Waals surface area contributed by atoms with Crippen LogP contribution in [0.1, 0.15) is 33.1 Å². The van der Waals surface area contributed by atoms with E-state index in [4.69, 9.17) is 5.73 Å². The molecule has 1 aliphatic heterocycles. The van der Waals surface area contributed by atoms with Crippen LogP contribution in [0.2, 0.25) is 0 Å². The van der Waals surface area contributed by atoms with Gasteiger partial charge in [0.2, 0.25) is 5.91 Å². The molecule has 1 atom stereocenters. The van der Waals surface area contributed by atoms with E-state index < -0.39 is 0 Å². The molecule has 1 unspecified atom stereocenters. The summed E-state index contributed by atoms with van der Waals surface area (Å²) in [5, 5.41) is 2.90. The Labute approximate surface area is 92.2 Å². The fraction of sp³-hybridized carbons (Fsp3) is 0.909. The van der Waals surface area contributed by atoms with Gasteiger partial charge in [-0.15, -0.1) is 0 Å². The van der Waals surface area contributed by atoms with Gasteiger partial charge in [0, 0.05) is 31.6 Å². The van der Waals surface area contributed by atoms with Gasteiger partial charge >= 0.3 is 0 Å². The van der Waals surface area contributed by atoms with E-state index in [-0.39, 0.29) is 11.9 Å². The standard InChI is InChI=1S/C11H23N3O/c1-9(2)13-11(15)5-7-14-6-3-4-10(14)8-12/h9-10H,3-8,12H2,1-2H3,(H,13,15). The Bertz CT molecular complexity index is 206. The van der Waals surface area contributed by atoms with Crippen LogP contribution in [0.15, 0.2) is 0 Å². The molecule has 0 aromatic heterocycles. The third-order valence-electron chi connectivity index (χ3n) is 2.85. The fourth-order valence-corrected chi connectivity index (χ4v) is 2.10. The van der Waals surface area contributed by atoms with Crippen LogP contribution in [0.4, 0.5) is 0 Å². The minimum Gasteiger partial charge on any atom is -0.354 e. The molecule has 0 aromatic rings. The number of hydrogen-bond donors (Lipinski definition) is 2. The van der Waals surface area contributed by atoms with Crippen molar-refractivity contribution in [3.8, 4) is 0 Å². The average molecular weight is 213 g/mol. The van der Waals surface area contributed by atoms with Crippen molar-refractivity contribution < 1.29 is 4.79 Å². The summed E-state index contributed by atoms with van der Waals surface area (Å²) in [6, 6.07) is 0.734. The lowest BCUT2D eigenvalue weighted by atomic mass is 10.2. The topological polar surface area (TPSA) is 58.4 Å². The Balaban J connectivity index is 2.21. The number of likely N-dealkylation sites (tertiary alicyclic amines) is 1.